The van der Waals surface area contributed by atoms with Crippen LogP contribution in [0.4, 0.5) is 5.00 Å². The van der Waals surface area contributed by atoms with Crippen LogP contribution < -0.4 is 0 Å². The molecule has 0 atom stereocenters. The van der Waals surface area contributed by atoms with Crippen molar-refractivity contribution in [1.82, 2.24) is 9.80 Å². The van der Waals surface area contributed by atoms with E-state index in [1.54, 1.807) is 123 Å². The fourth-order valence-corrected chi connectivity index (χ4v) is 16.3. The maximum absolute atomic E-state index is 15.7. The van der Waals surface area contributed by atoms with Gasteiger partial charge in [-0.3, -0.25) is 38.6 Å². The normalized spacial score (nSPS) is 17.0. The molecule has 4 aliphatic rings. The third kappa shape index (κ3) is 9.06. The van der Waals surface area contributed by atoms with Crippen LogP contribution in [0.15, 0.2) is 143 Å². The predicted molar refractivity (Wildman–Crippen MR) is 308 cm³/mol. The van der Waals surface area contributed by atoms with Gasteiger partial charge in [-0.1, -0.05) is 146 Å². The van der Waals surface area contributed by atoms with E-state index in [9.17, 15) is 9.59 Å². The van der Waals surface area contributed by atoms with Crippen molar-refractivity contribution < 1.29 is 47.7 Å². The second kappa shape index (κ2) is 21.4. The molecule has 2 aliphatic carbocycles. The van der Waals surface area contributed by atoms with Crippen molar-refractivity contribution in [2.75, 3.05) is 13.1 Å². The summed E-state index contributed by atoms with van der Waals surface area (Å²) in [6, 6.07) is 37.5. The highest BCUT2D eigenvalue weighted by molar-refractivity contribution is 8.35. The fraction of sp³-hybridized carbons (Fsp3) is 0.179. The van der Waals surface area contributed by atoms with Crippen molar-refractivity contribution in [2.24, 2.45) is 9.98 Å². The van der Waals surface area contributed by atoms with Gasteiger partial charge in [0, 0.05) is 34.7 Å². The number of aliphatic imine (C=N–C) groups is 2. The number of benzene rings is 4. The van der Waals surface area contributed by atoms with Crippen LogP contribution >= 0.6 is 82.0 Å². The van der Waals surface area contributed by atoms with Crippen LogP contribution in [0, 0.1) is 0 Å². The number of carbonyl (C=O) groups excluding carboxylic acids is 6. The molecule has 0 bridgehead atoms. The molecular formula is C56H40N4O10S7. The van der Waals surface area contributed by atoms with E-state index in [1.807, 2.05) is 24.3 Å². The van der Waals surface area contributed by atoms with Crippen molar-refractivity contribution in [3.8, 4) is 9.75 Å². The Labute approximate surface area is 471 Å². The molecule has 21 heteroatoms. The Kier molecular flexibility index (Phi) is 14.5. The molecule has 4 aromatic carbocycles. The zero-order chi connectivity index (χ0) is 53.6. The number of carbonyl (C=O) groups is 6. The second-order valence-electron chi connectivity index (χ2n) is 17.6. The highest BCUT2D eigenvalue weighted by Gasteiger charge is 2.64. The van der Waals surface area contributed by atoms with E-state index in [1.165, 1.54) is 9.80 Å². The molecule has 0 unspecified atom stereocenters. The molecule has 11 rings (SSSR count). The van der Waals surface area contributed by atoms with E-state index in [2.05, 4.69) is 0 Å². The first kappa shape index (κ1) is 52.1. The minimum Gasteiger partial charge on any atom is -0.459 e. The number of nitrogens with zero attached hydrogens (tertiary/aromatic N) is 4. The third-order valence-electron chi connectivity index (χ3n) is 13.1. The van der Waals surface area contributed by atoms with Gasteiger partial charge in [0.25, 0.3) is 11.8 Å². The van der Waals surface area contributed by atoms with Crippen LogP contribution in [0.5, 0.6) is 0 Å². The Morgan fingerprint density at radius 1 is 0.519 bits per heavy atom. The molecule has 2 amide bonds. The topological polar surface area (TPSA) is 171 Å². The number of fused-ring (bicyclic) bond motifs is 7. The first-order valence-corrected chi connectivity index (χ1v) is 28.8. The van der Waals surface area contributed by atoms with Gasteiger partial charge in [-0.05, 0) is 71.8 Å². The van der Waals surface area contributed by atoms with Crippen LogP contribution in [-0.4, -0.2) is 77.3 Å². The summed E-state index contributed by atoms with van der Waals surface area (Å²) in [7, 11) is 0. The molecule has 0 saturated carbocycles. The number of amides is 2. The van der Waals surface area contributed by atoms with Crippen molar-refractivity contribution >= 4 is 157 Å². The van der Waals surface area contributed by atoms with E-state index in [0.29, 0.717) is 57.2 Å². The molecule has 14 nitrogen and oxygen atoms in total. The number of rotatable bonds is 16. The molecule has 5 heterocycles. The average molecular weight is 1150 g/mol. The first-order valence-electron chi connectivity index (χ1n) is 23.9. The Morgan fingerprint density at radius 3 is 1.34 bits per heavy atom. The maximum Gasteiger partial charge on any atom is 0.334 e. The van der Waals surface area contributed by atoms with Gasteiger partial charge in [0.05, 0.1) is 24.9 Å². The summed E-state index contributed by atoms with van der Waals surface area (Å²) < 4.78 is 26.1. The Hall–Kier alpha value is -6.98. The lowest BCUT2D eigenvalue weighted by molar-refractivity contribution is -0.166. The van der Waals surface area contributed by atoms with Crippen molar-refractivity contribution in [3.05, 3.63) is 177 Å². The van der Waals surface area contributed by atoms with Gasteiger partial charge < -0.3 is 18.9 Å². The minimum atomic E-state index is -2.49. The van der Waals surface area contributed by atoms with E-state index in [-0.39, 0.29) is 80.7 Å². The van der Waals surface area contributed by atoms with Gasteiger partial charge in [0.2, 0.25) is 10.8 Å². The van der Waals surface area contributed by atoms with E-state index in [4.69, 9.17) is 53.4 Å². The Balaban J connectivity index is 1.15. The molecule has 0 N–H and O–H groups in total. The van der Waals surface area contributed by atoms with Crippen molar-refractivity contribution in [3.63, 3.8) is 0 Å². The maximum atomic E-state index is 15.7. The molecule has 3 aromatic heterocycles. The van der Waals surface area contributed by atoms with Gasteiger partial charge in [-0.2, -0.15) is 0 Å². The molecular weight excluding hydrogens is 1110 g/mol. The summed E-state index contributed by atoms with van der Waals surface area (Å²) >= 11 is 16.5. The van der Waals surface area contributed by atoms with E-state index < -0.39 is 40.6 Å². The molecule has 2 fully saturated rings. The third-order valence-corrected chi connectivity index (χ3v) is 19.4. The fourth-order valence-electron chi connectivity index (χ4n) is 9.39. The van der Waals surface area contributed by atoms with E-state index in [0.717, 1.165) is 57.5 Å². The van der Waals surface area contributed by atoms with Gasteiger partial charge in [0.1, 0.15) is 40.1 Å². The van der Waals surface area contributed by atoms with Crippen molar-refractivity contribution in [1.29, 1.82) is 0 Å². The highest BCUT2D eigenvalue weighted by Crippen LogP contribution is 2.65. The molecule has 2 aliphatic heterocycles. The summed E-state index contributed by atoms with van der Waals surface area (Å²) in [5.74, 6) is -4.90. The predicted octanol–water partition coefficient (Wildman–Crippen LogP) is 11.0. The van der Waals surface area contributed by atoms with Crippen molar-refractivity contribution in [2.45, 2.75) is 51.1 Å². The largest absolute Gasteiger partial charge is 0.459 e. The van der Waals surface area contributed by atoms with Crippen LogP contribution in [0.25, 0.3) is 25.2 Å². The lowest BCUT2D eigenvalue weighted by Gasteiger charge is -2.28. The zero-order valence-electron chi connectivity index (χ0n) is 40.7. The Bertz CT molecular complexity index is 3590. The summed E-state index contributed by atoms with van der Waals surface area (Å²) in [6.45, 7) is 3.22. The summed E-state index contributed by atoms with van der Waals surface area (Å²) in [4.78, 5) is 104. The zero-order valence-corrected chi connectivity index (χ0v) is 46.4. The monoisotopic (exact) mass is 1150 g/mol. The van der Waals surface area contributed by atoms with Gasteiger partial charge in [0.15, 0.2) is 10.1 Å². The van der Waals surface area contributed by atoms with Crippen LogP contribution in [-0.2, 0) is 85.0 Å². The van der Waals surface area contributed by atoms with Gasteiger partial charge in [-0.15, -0.1) is 34.0 Å². The van der Waals surface area contributed by atoms with Crippen LogP contribution in [0.3, 0.4) is 0 Å². The second-order valence-corrected chi connectivity index (χ2v) is 23.9. The van der Waals surface area contributed by atoms with E-state index >= 15 is 19.2 Å². The molecule has 386 valence electrons. The number of thiophene rings is 3. The highest BCUT2D eigenvalue weighted by atomic mass is 32.2. The number of thioether (sulfide) groups is 2. The summed E-state index contributed by atoms with van der Waals surface area (Å²) in [6.07, 6.45) is 1.55. The summed E-state index contributed by atoms with van der Waals surface area (Å²) in [5, 5.41) is 0.330. The molecule has 2 saturated heterocycles. The SMILES string of the molecule is CCN1C(=O)/C(=N/C2=Cc3sc4c5c(sc4c3C2(C(=O)OCc2ccccc2)C(=O)OCc2ccccc2)-c2sc(/N=C3\SC(=S)N(CC)C3=O)cc2C5(C(=O)OCc2ccccc2)C(=O)OCc2ccccc2)SC1=S. The molecule has 0 radical (unpaired) electrons. The smallest absolute Gasteiger partial charge is 0.334 e. The number of ether oxygens (including phenoxy) is 4. The summed E-state index contributed by atoms with van der Waals surface area (Å²) in [5.41, 5.74) is -1.87. The lowest BCUT2D eigenvalue weighted by Crippen LogP contribution is -2.46. The minimum absolute atomic E-state index is 0.0697. The lowest BCUT2D eigenvalue weighted by atomic mass is 9.78. The number of hydrogen-bond donors (Lipinski definition) is 0. The van der Waals surface area contributed by atoms with Crippen LogP contribution in [0.1, 0.15) is 57.7 Å². The van der Waals surface area contributed by atoms with Gasteiger partial charge >= 0.3 is 23.9 Å². The average Bonchev–Trinajstić information content (AvgIpc) is 4.27. The first-order chi connectivity index (χ1) is 37.4. The molecule has 0 spiro atoms. The van der Waals surface area contributed by atoms with Gasteiger partial charge in [-0.25, -0.2) is 9.98 Å². The van der Waals surface area contributed by atoms with Crippen LogP contribution in [0.2, 0.25) is 0 Å². The Morgan fingerprint density at radius 2 is 0.922 bits per heavy atom. The molecule has 7 aromatic rings. The standard InChI is InChI=1S/C56H40N4O10S7/c1-3-59-47(61)45(76-53(59)71)57-37-26-36-39(56(37,51(65)69-29-33-21-13-7-14-22-33)52(66)70-30-34-23-15-8-16-24-34)42-44(73-36)40-43(75-42)41-35(25-38(74-41)58-46-48(62)60(4-2)54(72)77-46)55(40,49(63)67-27-31-17-9-5-10-18-31)50(64)68-28-32-19-11-6-12-20-32/h5-26H,3-4,27-30H2,1-2H3/b57-45-,58-46-. The number of hydrogen-bond acceptors (Lipinski definition) is 19. The number of esters is 4. The number of thiocarbonyl (C=S) groups is 2. The molecule has 77 heavy (non-hydrogen) atoms. The quantitative estimate of drug-likeness (QED) is 0.0387.